The molecule has 1 nitrogen and oxygen atoms in total. The fourth-order valence-corrected chi connectivity index (χ4v) is 3.11. The Kier molecular flexibility index (Phi) is 3.85. The van der Waals surface area contributed by atoms with Crippen molar-refractivity contribution in [2.75, 3.05) is 5.88 Å². The molecule has 11 heavy (non-hydrogen) atoms. The number of alkyl halides is 1. The Bertz CT molecular complexity index is 251. The first-order valence-electron chi connectivity index (χ1n) is 2.83. The highest BCUT2D eigenvalue weighted by atomic mass is 79.9. The molecule has 1 atom stereocenters. The molecule has 0 bridgehead atoms. The van der Waals surface area contributed by atoms with Gasteiger partial charge in [-0.15, -0.1) is 22.9 Å². The van der Waals surface area contributed by atoms with Crippen LogP contribution in [-0.4, -0.2) is 11.0 Å². The van der Waals surface area contributed by atoms with Crippen LogP contribution in [0.15, 0.2) is 14.3 Å². The van der Waals surface area contributed by atoms with E-state index in [2.05, 4.69) is 31.9 Å². The molecular weight excluding hydrogens is 315 g/mol. The maximum absolute atomic E-state index is 9.35. The lowest BCUT2D eigenvalue weighted by atomic mass is 10.3. The molecule has 1 unspecified atom stereocenters. The number of thiophene rings is 1. The van der Waals surface area contributed by atoms with Crippen LogP contribution in [0.25, 0.3) is 0 Å². The zero-order valence-corrected chi connectivity index (χ0v) is 10.1. The Hall–Kier alpha value is 0.910. The third-order valence-corrected chi connectivity index (χ3v) is 5.12. The summed E-state index contributed by atoms with van der Waals surface area (Å²) in [4.78, 5) is 0.867. The van der Waals surface area contributed by atoms with Crippen LogP contribution in [0.1, 0.15) is 11.0 Å². The summed E-state index contributed by atoms with van der Waals surface area (Å²) in [6.07, 6.45) is -0.567. The number of halogens is 3. The van der Waals surface area contributed by atoms with Gasteiger partial charge in [-0.05, 0) is 31.9 Å². The van der Waals surface area contributed by atoms with Gasteiger partial charge >= 0.3 is 0 Å². The van der Waals surface area contributed by atoms with Crippen LogP contribution in [0.4, 0.5) is 0 Å². The van der Waals surface area contributed by atoms with E-state index in [1.165, 1.54) is 11.3 Å². The van der Waals surface area contributed by atoms with Crippen LogP contribution in [0, 0.1) is 0 Å². The van der Waals surface area contributed by atoms with Gasteiger partial charge in [-0.25, -0.2) is 0 Å². The van der Waals surface area contributed by atoms with Crippen LogP contribution in [0.3, 0.4) is 0 Å². The maximum atomic E-state index is 9.35. The van der Waals surface area contributed by atoms with Crippen LogP contribution in [0.2, 0.25) is 0 Å². The van der Waals surface area contributed by atoms with E-state index in [-0.39, 0.29) is 5.88 Å². The number of hydrogen-bond donors (Lipinski definition) is 1. The van der Waals surface area contributed by atoms with Gasteiger partial charge in [0.15, 0.2) is 0 Å². The largest absolute Gasteiger partial charge is 0.386 e. The molecule has 62 valence electrons. The molecule has 0 aliphatic rings. The predicted octanol–water partition coefficient (Wildman–Crippen LogP) is 3.55. The second kappa shape index (κ2) is 4.23. The lowest BCUT2D eigenvalue weighted by Crippen LogP contribution is -1.95. The van der Waals surface area contributed by atoms with Gasteiger partial charge < -0.3 is 5.11 Å². The van der Waals surface area contributed by atoms with Crippen molar-refractivity contribution in [1.29, 1.82) is 0 Å². The van der Waals surface area contributed by atoms with Crippen molar-refractivity contribution in [2.45, 2.75) is 6.10 Å². The Labute approximate surface area is 90.6 Å². The minimum absolute atomic E-state index is 0.228. The Balaban J connectivity index is 2.94. The minimum atomic E-state index is -0.567. The summed E-state index contributed by atoms with van der Waals surface area (Å²) < 4.78 is 1.86. The van der Waals surface area contributed by atoms with E-state index in [9.17, 15) is 5.11 Å². The van der Waals surface area contributed by atoms with E-state index in [1.54, 1.807) is 0 Å². The third-order valence-electron chi connectivity index (χ3n) is 1.16. The van der Waals surface area contributed by atoms with E-state index >= 15 is 0 Å². The fraction of sp³-hybridized carbons (Fsp3) is 0.333. The van der Waals surface area contributed by atoms with Crippen molar-refractivity contribution >= 4 is 54.8 Å². The van der Waals surface area contributed by atoms with Crippen molar-refractivity contribution in [2.24, 2.45) is 0 Å². The van der Waals surface area contributed by atoms with E-state index in [1.807, 2.05) is 5.38 Å². The molecule has 0 radical (unpaired) electrons. The summed E-state index contributed by atoms with van der Waals surface area (Å²) in [6.45, 7) is 0. The average Bonchev–Trinajstić information content (AvgIpc) is 2.32. The highest BCUT2D eigenvalue weighted by molar-refractivity contribution is 9.13. The first-order valence-corrected chi connectivity index (χ1v) is 5.83. The molecule has 0 saturated carbocycles. The van der Waals surface area contributed by atoms with Gasteiger partial charge in [-0.2, -0.15) is 0 Å². The molecule has 0 aliphatic heterocycles. The number of aliphatic hydroxyl groups excluding tert-OH is 1. The molecule has 5 heteroatoms. The van der Waals surface area contributed by atoms with E-state index in [4.69, 9.17) is 11.6 Å². The zero-order chi connectivity index (χ0) is 8.43. The second-order valence-corrected chi connectivity index (χ2v) is 4.80. The maximum Gasteiger partial charge on any atom is 0.103 e. The van der Waals surface area contributed by atoms with Crippen molar-refractivity contribution in [3.63, 3.8) is 0 Å². The first-order chi connectivity index (χ1) is 5.16. The molecule has 0 aromatic carbocycles. The SMILES string of the molecule is OC(CCl)c1scc(Br)c1Br. The number of rotatable bonds is 2. The zero-order valence-electron chi connectivity index (χ0n) is 5.35. The van der Waals surface area contributed by atoms with Gasteiger partial charge in [0.05, 0.1) is 5.88 Å². The summed E-state index contributed by atoms with van der Waals surface area (Å²) >= 11 is 13.6. The van der Waals surface area contributed by atoms with E-state index in [0.29, 0.717) is 0 Å². The molecule has 0 saturated heterocycles. The molecule has 1 aromatic rings. The van der Waals surface area contributed by atoms with Crippen molar-refractivity contribution in [3.05, 3.63) is 19.2 Å². The summed E-state index contributed by atoms with van der Waals surface area (Å²) in [5.74, 6) is 0.228. The normalized spacial score (nSPS) is 13.5. The highest BCUT2D eigenvalue weighted by Gasteiger charge is 2.14. The lowest BCUT2D eigenvalue weighted by molar-refractivity contribution is 0.206. The Morgan fingerprint density at radius 2 is 2.27 bits per heavy atom. The van der Waals surface area contributed by atoms with Gasteiger partial charge in [-0.3, -0.25) is 0 Å². The topological polar surface area (TPSA) is 20.2 Å². The molecule has 1 aromatic heterocycles. The van der Waals surface area contributed by atoms with Gasteiger partial charge in [0, 0.05) is 19.2 Å². The first kappa shape index (κ1) is 9.99. The molecular formula is C6H5Br2ClOS. The molecule has 1 heterocycles. The highest BCUT2D eigenvalue weighted by Crippen LogP contribution is 2.36. The predicted molar refractivity (Wildman–Crippen MR) is 55.4 cm³/mol. The smallest absolute Gasteiger partial charge is 0.103 e. The molecule has 1 N–H and O–H groups in total. The fourth-order valence-electron chi connectivity index (χ4n) is 0.631. The summed E-state index contributed by atoms with van der Waals surface area (Å²) in [5.41, 5.74) is 0. The molecule has 0 fully saturated rings. The van der Waals surface area contributed by atoms with Crippen LogP contribution in [-0.2, 0) is 0 Å². The van der Waals surface area contributed by atoms with Gasteiger partial charge in [-0.1, -0.05) is 0 Å². The summed E-state index contributed by atoms with van der Waals surface area (Å²) in [7, 11) is 0. The van der Waals surface area contributed by atoms with Gasteiger partial charge in [0.2, 0.25) is 0 Å². The number of aliphatic hydroxyl groups is 1. The quantitative estimate of drug-likeness (QED) is 0.826. The minimum Gasteiger partial charge on any atom is -0.386 e. The van der Waals surface area contributed by atoms with Gasteiger partial charge in [0.25, 0.3) is 0 Å². The van der Waals surface area contributed by atoms with Crippen LogP contribution >= 0.6 is 54.8 Å². The van der Waals surface area contributed by atoms with Crippen molar-refractivity contribution in [1.82, 2.24) is 0 Å². The standard InChI is InChI=1S/C6H5Br2ClOS/c7-3-2-11-6(5(3)8)4(10)1-9/h2,4,10H,1H2. The van der Waals surface area contributed by atoms with E-state index < -0.39 is 6.10 Å². The van der Waals surface area contributed by atoms with Crippen LogP contribution < -0.4 is 0 Å². The van der Waals surface area contributed by atoms with E-state index in [0.717, 1.165) is 13.8 Å². The number of hydrogen-bond acceptors (Lipinski definition) is 2. The molecule has 0 aliphatic carbocycles. The molecule has 0 amide bonds. The summed E-state index contributed by atoms with van der Waals surface area (Å²) in [6, 6.07) is 0. The monoisotopic (exact) mass is 318 g/mol. The Morgan fingerprint density at radius 3 is 2.64 bits per heavy atom. The summed E-state index contributed by atoms with van der Waals surface area (Å²) in [5, 5.41) is 11.3. The second-order valence-electron chi connectivity index (χ2n) is 1.93. The average molecular weight is 320 g/mol. The van der Waals surface area contributed by atoms with Gasteiger partial charge in [0.1, 0.15) is 6.10 Å². The molecule has 1 rings (SSSR count). The third kappa shape index (κ3) is 2.18. The van der Waals surface area contributed by atoms with Crippen LogP contribution in [0.5, 0.6) is 0 Å². The van der Waals surface area contributed by atoms with Crippen molar-refractivity contribution in [3.8, 4) is 0 Å². The Morgan fingerprint density at radius 1 is 1.64 bits per heavy atom. The van der Waals surface area contributed by atoms with Crippen molar-refractivity contribution < 1.29 is 5.11 Å². The molecule has 0 spiro atoms. The lowest BCUT2D eigenvalue weighted by Gasteiger charge is -2.03.